The Labute approximate surface area is 175 Å². The topological polar surface area (TPSA) is 30.5 Å². The van der Waals surface area contributed by atoms with Gasteiger partial charge in [-0.25, -0.2) is 0 Å². The van der Waals surface area contributed by atoms with Gasteiger partial charge in [0.05, 0.1) is 19.3 Å². The lowest BCUT2D eigenvalue weighted by Gasteiger charge is -2.38. The van der Waals surface area contributed by atoms with Crippen molar-refractivity contribution < 1.29 is 9.47 Å². The number of halogens is 1. The van der Waals surface area contributed by atoms with Crippen LogP contribution >= 0.6 is 15.9 Å². The van der Waals surface area contributed by atoms with Crippen LogP contribution in [0.1, 0.15) is 17.0 Å². The Bertz CT molecular complexity index is 910. The van der Waals surface area contributed by atoms with Gasteiger partial charge in [0.15, 0.2) is 0 Å². The highest BCUT2D eigenvalue weighted by atomic mass is 79.9. The Morgan fingerprint density at radius 3 is 2.54 bits per heavy atom. The van der Waals surface area contributed by atoms with Crippen LogP contribution in [-0.4, -0.2) is 32.9 Å². The molecule has 3 aromatic rings. The number of hydrogen-bond donors (Lipinski definition) is 1. The first-order chi connectivity index (χ1) is 13.7. The molecule has 0 aromatic heterocycles. The van der Waals surface area contributed by atoms with Crippen molar-refractivity contribution in [2.45, 2.75) is 18.6 Å². The summed E-state index contributed by atoms with van der Waals surface area (Å²) in [6, 6.07) is 23.7. The Balaban J connectivity index is 1.53. The first-order valence-electron chi connectivity index (χ1n) is 9.79. The predicted molar refractivity (Wildman–Crippen MR) is 118 cm³/mol. The number of piperidine rings is 1. The molecule has 1 saturated heterocycles. The van der Waals surface area contributed by atoms with Crippen LogP contribution in [-0.2, 0) is 16.1 Å². The fourth-order valence-corrected chi connectivity index (χ4v) is 4.48. The molecule has 4 heteroatoms. The molecule has 3 nitrogen and oxygen atoms in total. The van der Waals surface area contributed by atoms with Gasteiger partial charge in [0.25, 0.3) is 0 Å². The van der Waals surface area contributed by atoms with Crippen LogP contribution in [0.2, 0.25) is 0 Å². The van der Waals surface area contributed by atoms with Crippen molar-refractivity contribution in [3.8, 4) is 0 Å². The SMILES string of the molecule is COCC1CNCC(OCc2ccc3ccccc3c2)C1c1ccc(Br)cc1. The maximum atomic E-state index is 6.46. The van der Waals surface area contributed by atoms with Crippen LogP contribution in [0, 0.1) is 5.92 Å². The molecule has 3 aromatic carbocycles. The van der Waals surface area contributed by atoms with Crippen LogP contribution in [0.4, 0.5) is 0 Å². The number of ether oxygens (including phenoxy) is 2. The van der Waals surface area contributed by atoms with E-state index >= 15 is 0 Å². The quantitative estimate of drug-likeness (QED) is 0.576. The van der Waals surface area contributed by atoms with Crippen LogP contribution in [0.3, 0.4) is 0 Å². The van der Waals surface area contributed by atoms with E-state index in [2.05, 4.69) is 88.0 Å². The van der Waals surface area contributed by atoms with Crippen molar-refractivity contribution in [2.75, 3.05) is 26.8 Å². The standard InChI is InChI=1S/C24H26BrNO2/c1-27-16-21-13-26-14-23(24(21)19-8-10-22(25)11-9-19)28-15-17-6-7-18-4-2-3-5-20(18)12-17/h2-12,21,23-24,26H,13-16H2,1H3. The van der Waals surface area contributed by atoms with Crippen LogP contribution < -0.4 is 5.32 Å². The lowest BCUT2D eigenvalue weighted by Crippen LogP contribution is -2.48. The fraction of sp³-hybridized carbons (Fsp3) is 0.333. The number of hydrogen-bond acceptors (Lipinski definition) is 3. The highest BCUT2D eigenvalue weighted by Crippen LogP contribution is 2.34. The van der Waals surface area contributed by atoms with E-state index in [1.54, 1.807) is 7.11 Å². The number of methoxy groups -OCH3 is 1. The molecule has 3 unspecified atom stereocenters. The van der Waals surface area contributed by atoms with Crippen LogP contribution in [0.15, 0.2) is 71.2 Å². The second-order valence-electron chi connectivity index (χ2n) is 7.48. The molecule has 28 heavy (non-hydrogen) atoms. The average Bonchev–Trinajstić information content (AvgIpc) is 2.73. The van der Waals surface area contributed by atoms with Crippen molar-refractivity contribution in [2.24, 2.45) is 5.92 Å². The summed E-state index contributed by atoms with van der Waals surface area (Å²) in [7, 11) is 1.78. The van der Waals surface area contributed by atoms with Crippen molar-refractivity contribution in [1.29, 1.82) is 0 Å². The molecule has 1 aliphatic rings. The van der Waals surface area contributed by atoms with E-state index in [0.717, 1.165) is 24.2 Å². The number of benzene rings is 3. The highest BCUT2D eigenvalue weighted by Gasteiger charge is 2.35. The first kappa shape index (κ1) is 19.6. The maximum absolute atomic E-state index is 6.46. The smallest absolute Gasteiger partial charge is 0.0776 e. The number of fused-ring (bicyclic) bond motifs is 1. The largest absolute Gasteiger partial charge is 0.384 e. The first-order valence-corrected chi connectivity index (χ1v) is 10.6. The molecule has 1 heterocycles. The van der Waals surface area contributed by atoms with E-state index in [1.807, 2.05) is 0 Å². The zero-order chi connectivity index (χ0) is 19.3. The van der Waals surface area contributed by atoms with Crippen LogP contribution in [0.25, 0.3) is 10.8 Å². The lowest BCUT2D eigenvalue weighted by atomic mass is 9.79. The van der Waals surface area contributed by atoms with Gasteiger partial charge in [0.2, 0.25) is 0 Å². The van der Waals surface area contributed by atoms with E-state index in [-0.39, 0.29) is 6.10 Å². The predicted octanol–water partition coefficient (Wildman–Crippen LogP) is 5.14. The summed E-state index contributed by atoms with van der Waals surface area (Å²) in [4.78, 5) is 0. The molecular weight excluding hydrogens is 414 g/mol. The molecule has 1 fully saturated rings. The molecular formula is C24H26BrNO2. The number of nitrogens with one attached hydrogen (secondary N) is 1. The van der Waals surface area contributed by atoms with Crippen molar-refractivity contribution >= 4 is 26.7 Å². The second-order valence-corrected chi connectivity index (χ2v) is 8.40. The summed E-state index contributed by atoms with van der Waals surface area (Å²) in [6.07, 6.45) is 0.113. The van der Waals surface area contributed by atoms with Gasteiger partial charge in [-0.2, -0.15) is 0 Å². The van der Waals surface area contributed by atoms with Gasteiger partial charge in [-0.15, -0.1) is 0 Å². The molecule has 4 rings (SSSR count). The van der Waals surface area contributed by atoms with Gasteiger partial charge >= 0.3 is 0 Å². The normalized spacial score (nSPS) is 22.4. The third-order valence-electron chi connectivity index (χ3n) is 5.57. The molecule has 1 aliphatic heterocycles. The van der Waals surface area contributed by atoms with E-state index in [4.69, 9.17) is 9.47 Å². The number of rotatable bonds is 6. The summed E-state index contributed by atoms with van der Waals surface area (Å²) in [5.74, 6) is 0.705. The highest BCUT2D eigenvalue weighted by molar-refractivity contribution is 9.10. The Kier molecular flexibility index (Phi) is 6.43. The van der Waals surface area contributed by atoms with Crippen molar-refractivity contribution in [3.63, 3.8) is 0 Å². The van der Waals surface area contributed by atoms with Gasteiger partial charge in [-0.1, -0.05) is 64.5 Å². The summed E-state index contributed by atoms with van der Waals surface area (Å²) in [5, 5.41) is 6.05. The fourth-order valence-electron chi connectivity index (χ4n) is 4.21. The second kappa shape index (κ2) is 9.19. The average molecular weight is 440 g/mol. The van der Waals surface area contributed by atoms with Gasteiger partial charge in [-0.3, -0.25) is 0 Å². The zero-order valence-corrected chi connectivity index (χ0v) is 17.7. The van der Waals surface area contributed by atoms with Gasteiger partial charge < -0.3 is 14.8 Å². The third kappa shape index (κ3) is 4.47. The minimum Gasteiger partial charge on any atom is -0.384 e. The Morgan fingerprint density at radius 1 is 0.964 bits per heavy atom. The molecule has 3 atom stereocenters. The van der Waals surface area contributed by atoms with E-state index in [1.165, 1.54) is 21.9 Å². The lowest BCUT2D eigenvalue weighted by molar-refractivity contribution is -0.0192. The summed E-state index contributed by atoms with van der Waals surface area (Å²) < 4.78 is 13.1. The summed E-state index contributed by atoms with van der Waals surface area (Å²) in [6.45, 7) is 3.15. The molecule has 0 bridgehead atoms. The Hall–Kier alpha value is -1.72. The third-order valence-corrected chi connectivity index (χ3v) is 6.10. The monoisotopic (exact) mass is 439 g/mol. The molecule has 0 aliphatic carbocycles. The minimum absolute atomic E-state index is 0.113. The van der Waals surface area contributed by atoms with E-state index in [9.17, 15) is 0 Å². The summed E-state index contributed by atoms with van der Waals surface area (Å²) in [5.41, 5.74) is 2.53. The van der Waals surface area contributed by atoms with E-state index in [0.29, 0.717) is 18.4 Å². The van der Waals surface area contributed by atoms with Gasteiger partial charge in [0.1, 0.15) is 0 Å². The zero-order valence-electron chi connectivity index (χ0n) is 16.1. The minimum atomic E-state index is 0.113. The molecule has 0 amide bonds. The van der Waals surface area contributed by atoms with Crippen molar-refractivity contribution in [3.05, 3.63) is 82.3 Å². The molecule has 0 spiro atoms. The maximum Gasteiger partial charge on any atom is 0.0776 e. The molecule has 146 valence electrons. The van der Waals surface area contributed by atoms with Crippen LogP contribution in [0.5, 0.6) is 0 Å². The van der Waals surface area contributed by atoms with Gasteiger partial charge in [0, 0.05) is 36.5 Å². The van der Waals surface area contributed by atoms with Crippen molar-refractivity contribution in [1.82, 2.24) is 5.32 Å². The molecule has 1 N–H and O–H groups in total. The summed E-state index contributed by atoms with van der Waals surface area (Å²) >= 11 is 3.54. The Morgan fingerprint density at radius 2 is 1.75 bits per heavy atom. The molecule has 0 saturated carbocycles. The van der Waals surface area contributed by atoms with E-state index < -0.39 is 0 Å². The van der Waals surface area contributed by atoms with Gasteiger partial charge in [-0.05, 0) is 40.1 Å². The molecule has 0 radical (unpaired) electrons.